The van der Waals surface area contributed by atoms with Gasteiger partial charge in [0.05, 0.1) is 11.7 Å². The predicted molar refractivity (Wildman–Crippen MR) is 125 cm³/mol. The molecule has 2 fully saturated rings. The highest BCUT2D eigenvalue weighted by Crippen LogP contribution is 2.66. The van der Waals surface area contributed by atoms with Gasteiger partial charge in [0.15, 0.2) is 14.1 Å². The Labute approximate surface area is 195 Å². The van der Waals surface area contributed by atoms with Crippen molar-refractivity contribution in [3.63, 3.8) is 0 Å². The van der Waals surface area contributed by atoms with Crippen molar-refractivity contribution < 1.29 is 19.1 Å². The lowest BCUT2D eigenvalue weighted by atomic mass is 9.67. The average Bonchev–Trinajstić information content (AvgIpc) is 3.38. The minimum absolute atomic E-state index is 0.0424. The fraction of sp³-hybridized carbons (Fsp3) is 0.609. The summed E-state index contributed by atoms with van der Waals surface area (Å²) in [6, 6.07) is 4.77. The van der Waals surface area contributed by atoms with Gasteiger partial charge >= 0.3 is 5.97 Å². The lowest BCUT2D eigenvalue weighted by molar-refractivity contribution is -0.0192. The minimum Gasteiger partial charge on any atom is -0.478 e. The highest BCUT2D eigenvalue weighted by molar-refractivity contribution is 6.74. The van der Waals surface area contributed by atoms with Gasteiger partial charge in [-0.05, 0) is 67.3 Å². The van der Waals surface area contributed by atoms with Crippen molar-refractivity contribution in [2.75, 3.05) is 6.61 Å². The quantitative estimate of drug-likeness (QED) is 0.394. The first-order valence-electron chi connectivity index (χ1n) is 11.2. The fourth-order valence-corrected chi connectivity index (χ4v) is 5.83. The Bertz CT molecular complexity index is 1010. The van der Waals surface area contributed by atoms with Crippen LogP contribution in [0.25, 0.3) is 5.82 Å². The van der Waals surface area contributed by atoms with E-state index in [2.05, 4.69) is 43.9 Å². The number of hydrogen-bond donors (Lipinski definition) is 1. The molecule has 2 saturated carbocycles. The molecule has 2 heterocycles. The van der Waals surface area contributed by atoms with E-state index in [4.69, 9.17) is 25.9 Å². The third-order valence-electron chi connectivity index (χ3n) is 7.59. The highest BCUT2D eigenvalue weighted by atomic mass is 35.5. The molecule has 2 aliphatic carbocycles. The van der Waals surface area contributed by atoms with Crippen molar-refractivity contribution in [3.8, 4) is 11.7 Å². The first kappa shape index (κ1) is 23.3. The molecule has 0 radical (unpaired) electrons. The van der Waals surface area contributed by atoms with E-state index >= 15 is 0 Å². The lowest BCUT2D eigenvalue weighted by Crippen LogP contribution is -2.51. The topological polar surface area (TPSA) is 86.5 Å². The molecule has 0 aliphatic heterocycles. The Morgan fingerprint density at radius 3 is 2.56 bits per heavy atom. The molecule has 2 aromatic rings. The van der Waals surface area contributed by atoms with E-state index in [1.807, 2.05) is 0 Å². The molecule has 2 aromatic heterocycles. The van der Waals surface area contributed by atoms with Gasteiger partial charge in [0.25, 0.3) is 0 Å². The summed E-state index contributed by atoms with van der Waals surface area (Å²) in [5.41, 5.74) is 0.446. The summed E-state index contributed by atoms with van der Waals surface area (Å²) in [6.45, 7) is 11.9. The van der Waals surface area contributed by atoms with Gasteiger partial charge in [0.1, 0.15) is 11.8 Å². The molecule has 2 unspecified atom stereocenters. The molecule has 2 aliphatic rings. The van der Waals surface area contributed by atoms with E-state index < -0.39 is 14.3 Å². The van der Waals surface area contributed by atoms with Crippen LogP contribution in [0, 0.1) is 11.3 Å². The number of carboxylic acid groups (broad SMARTS) is 1. The average molecular weight is 478 g/mol. The number of carboxylic acids is 1. The zero-order valence-corrected chi connectivity index (χ0v) is 21.1. The molecule has 0 saturated heterocycles. The Morgan fingerprint density at radius 2 is 2.03 bits per heavy atom. The molecule has 0 amide bonds. The van der Waals surface area contributed by atoms with Gasteiger partial charge < -0.3 is 14.3 Å². The Morgan fingerprint density at radius 1 is 1.31 bits per heavy atom. The van der Waals surface area contributed by atoms with Crippen molar-refractivity contribution in [3.05, 3.63) is 35.1 Å². The summed E-state index contributed by atoms with van der Waals surface area (Å²) in [7, 11) is -1.93. The van der Waals surface area contributed by atoms with Crippen LogP contribution in [0.15, 0.2) is 24.4 Å². The highest BCUT2D eigenvalue weighted by Gasteiger charge is 2.59. The van der Waals surface area contributed by atoms with Crippen LogP contribution < -0.4 is 4.74 Å². The largest absolute Gasteiger partial charge is 0.478 e. The van der Waals surface area contributed by atoms with E-state index in [1.54, 1.807) is 18.3 Å². The first-order valence-corrected chi connectivity index (χ1v) is 14.5. The van der Waals surface area contributed by atoms with Gasteiger partial charge in [-0.2, -0.15) is 0 Å². The van der Waals surface area contributed by atoms with Crippen LogP contribution in [-0.2, 0) is 4.43 Å². The molecular formula is C23H32ClN3O4Si. The van der Waals surface area contributed by atoms with Gasteiger partial charge in [0.2, 0.25) is 5.88 Å². The van der Waals surface area contributed by atoms with Crippen molar-refractivity contribution >= 4 is 25.9 Å². The number of aromatic nitrogens is 3. The molecule has 1 spiro atoms. The lowest BCUT2D eigenvalue weighted by Gasteiger charge is -2.47. The monoisotopic (exact) mass is 477 g/mol. The van der Waals surface area contributed by atoms with Crippen LogP contribution in [0.1, 0.15) is 56.8 Å². The molecule has 7 nitrogen and oxygen atoms in total. The Hall–Kier alpha value is -1.90. The van der Waals surface area contributed by atoms with E-state index in [9.17, 15) is 4.79 Å². The Kier molecular flexibility index (Phi) is 5.92. The number of ether oxygens (including phenoxy) is 1. The molecule has 2 atom stereocenters. The van der Waals surface area contributed by atoms with Gasteiger partial charge in [-0.1, -0.05) is 32.4 Å². The third kappa shape index (κ3) is 4.45. The number of carbonyl (C=O) groups is 1. The maximum Gasteiger partial charge on any atom is 0.338 e. The maximum atomic E-state index is 11.1. The van der Waals surface area contributed by atoms with Crippen LogP contribution >= 0.6 is 11.6 Å². The van der Waals surface area contributed by atoms with Crippen LogP contribution in [0.2, 0.25) is 23.3 Å². The molecule has 32 heavy (non-hydrogen) atoms. The standard InChI is InChI=1S/C23H32ClN3O4Si/c1-22(2,3)32(4,5)31-17(16-8-10-23(16)11-12-23)14-30-19-9-13-27(26-19)18-7-6-15(21(28)29)20(24)25-18/h6-7,9,13,16-17H,8,10-12,14H2,1-5H3,(H,28,29). The van der Waals surface area contributed by atoms with E-state index in [0.717, 1.165) is 0 Å². The zero-order valence-electron chi connectivity index (χ0n) is 19.4. The Balaban J connectivity index is 1.46. The molecule has 9 heteroatoms. The minimum atomic E-state index is -1.93. The summed E-state index contributed by atoms with van der Waals surface area (Å²) >= 11 is 5.99. The van der Waals surface area contributed by atoms with Gasteiger partial charge in [-0.25, -0.2) is 14.5 Å². The second-order valence-electron chi connectivity index (χ2n) is 10.6. The molecule has 1 N–H and O–H groups in total. The normalized spacial score (nSPS) is 20.6. The van der Waals surface area contributed by atoms with Crippen LogP contribution in [0.5, 0.6) is 5.88 Å². The number of aromatic carboxylic acids is 1. The van der Waals surface area contributed by atoms with E-state index in [0.29, 0.717) is 29.6 Å². The van der Waals surface area contributed by atoms with Crippen LogP contribution in [0.4, 0.5) is 0 Å². The summed E-state index contributed by atoms with van der Waals surface area (Å²) in [4.78, 5) is 15.3. The second-order valence-corrected chi connectivity index (χ2v) is 15.8. The van der Waals surface area contributed by atoms with Crippen molar-refractivity contribution in [1.29, 1.82) is 0 Å². The molecule has 0 aromatic carbocycles. The van der Waals surface area contributed by atoms with E-state index in [1.165, 1.54) is 36.4 Å². The fourth-order valence-electron chi connectivity index (χ4n) is 4.26. The predicted octanol–water partition coefficient (Wildman–Crippen LogP) is 5.58. The number of pyridine rings is 1. The summed E-state index contributed by atoms with van der Waals surface area (Å²) in [5, 5.41) is 13.6. The summed E-state index contributed by atoms with van der Waals surface area (Å²) in [6.07, 6.45) is 6.92. The second kappa shape index (κ2) is 8.15. The van der Waals surface area contributed by atoms with Crippen molar-refractivity contribution in [2.45, 2.75) is 70.7 Å². The van der Waals surface area contributed by atoms with Gasteiger partial charge in [-0.15, -0.1) is 5.10 Å². The third-order valence-corrected chi connectivity index (χ3v) is 12.4. The molecule has 0 bridgehead atoms. The van der Waals surface area contributed by atoms with Gasteiger partial charge in [-0.3, -0.25) is 0 Å². The van der Waals surface area contributed by atoms with Crippen molar-refractivity contribution in [2.24, 2.45) is 11.3 Å². The molecular weight excluding hydrogens is 446 g/mol. The smallest absolute Gasteiger partial charge is 0.338 e. The number of halogens is 1. The zero-order chi connectivity index (χ0) is 23.3. The summed E-state index contributed by atoms with van der Waals surface area (Å²) in [5.74, 6) is 0.358. The molecule has 174 valence electrons. The molecule has 4 rings (SSSR count). The maximum absolute atomic E-state index is 11.1. The number of rotatable bonds is 8. The van der Waals surface area contributed by atoms with Crippen LogP contribution in [0.3, 0.4) is 0 Å². The number of hydrogen-bond acceptors (Lipinski definition) is 5. The van der Waals surface area contributed by atoms with Crippen molar-refractivity contribution in [1.82, 2.24) is 14.8 Å². The summed E-state index contributed by atoms with van der Waals surface area (Å²) < 4.78 is 14.5. The van der Waals surface area contributed by atoms with Gasteiger partial charge in [0, 0.05) is 12.3 Å². The SMILES string of the molecule is CC(C)(C)[Si](C)(C)OC(COc1ccn(-c2ccc(C(=O)O)c(Cl)n2)n1)C1CCC12CC2. The van der Waals surface area contributed by atoms with Crippen LogP contribution in [-0.4, -0.2) is 46.9 Å². The first-order chi connectivity index (χ1) is 14.9. The van der Waals surface area contributed by atoms with E-state index in [-0.39, 0.29) is 21.9 Å². The number of nitrogens with zero attached hydrogens (tertiary/aromatic N) is 3.